The molecule has 0 aromatic heterocycles. The van der Waals surface area contributed by atoms with Crippen LogP contribution >= 0.6 is 0 Å². The second-order valence-corrected chi connectivity index (χ2v) is 4.42. The predicted octanol–water partition coefficient (Wildman–Crippen LogP) is 0.803. The summed E-state index contributed by atoms with van der Waals surface area (Å²) in [6.07, 6.45) is 2.67. The van der Waals surface area contributed by atoms with Crippen molar-refractivity contribution in [1.82, 2.24) is 9.80 Å². The third-order valence-corrected chi connectivity index (χ3v) is 3.37. The van der Waals surface area contributed by atoms with E-state index in [1.54, 1.807) is 0 Å². The minimum absolute atomic E-state index is 0.739. The smallest absolute Gasteiger partial charge is 0.0645 e. The second kappa shape index (κ2) is 5.10. The van der Waals surface area contributed by atoms with Crippen LogP contribution in [0.4, 0.5) is 0 Å². The summed E-state index contributed by atoms with van der Waals surface area (Å²) in [4.78, 5) is 5.19. The van der Waals surface area contributed by atoms with Crippen LogP contribution in [0.3, 0.4) is 0 Å². The molecule has 3 nitrogen and oxygen atoms in total. The van der Waals surface area contributed by atoms with Gasteiger partial charge in [0.15, 0.2) is 0 Å². The molecule has 0 amide bonds. The molecule has 0 unspecified atom stereocenters. The first-order valence-electron chi connectivity index (χ1n) is 5.94. The SMILES string of the molecule is CCCCN1CCN(C2COC2)CC1. The van der Waals surface area contributed by atoms with E-state index in [4.69, 9.17) is 4.74 Å². The molecule has 0 bridgehead atoms. The molecule has 2 aliphatic rings. The van der Waals surface area contributed by atoms with Gasteiger partial charge in [0.2, 0.25) is 0 Å². The van der Waals surface area contributed by atoms with E-state index in [1.807, 2.05) is 0 Å². The minimum atomic E-state index is 0.739. The Kier molecular flexibility index (Phi) is 3.79. The molecule has 3 heteroatoms. The first-order chi connectivity index (χ1) is 6.90. The second-order valence-electron chi connectivity index (χ2n) is 4.42. The number of nitrogens with zero attached hydrogens (tertiary/aromatic N) is 2. The van der Waals surface area contributed by atoms with Crippen LogP contribution < -0.4 is 0 Å². The monoisotopic (exact) mass is 198 g/mol. The standard InChI is InChI=1S/C11H22N2O/c1-2-3-4-12-5-7-13(8-6-12)11-9-14-10-11/h11H,2-10H2,1H3. The lowest BCUT2D eigenvalue weighted by Crippen LogP contribution is -2.56. The quantitative estimate of drug-likeness (QED) is 0.664. The van der Waals surface area contributed by atoms with E-state index in [2.05, 4.69) is 16.7 Å². The average molecular weight is 198 g/mol. The zero-order valence-electron chi connectivity index (χ0n) is 9.24. The lowest BCUT2D eigenvalue weighted by molar-refractivity contribution is -0.0768. The lowest BCUT2D eigenvalue weighted by atomic mass is 10.2. The third kappa shape index (κ3) is 2.47. The van der Waals surface area contributed by atoms with Gasteiger partial charge in [0, 0.05) is 26.2 Å². The lowest BCUT2D eigenvalue weighted by Gasteiger charge is -2.42. The number of hydrogen-bond acceptors (Lipinski definition) is 3. The van der Waals surface area contributed by atoms with Gasteiger partial charge in [-0.15, -0.1) is 0 Å². The Morgan fingerprint density at radius 3 is 2.36 bits per heavy atom. The Hall–Kier alpha value is -0.120. The summed E-state index contributed by atoms with van der Waals surface area (Å²) >= 11 is 0. The van der Waals surface area contributed by atoms with Crippen molar-refractivity contribution in [3.05, 3.63) is 0 Å². The van der Waals surface area contributed by atoms with Crippen molar-refractivity contribution in [2.24, 2.45) is 0 Å². The molecule has 0 radical (unpaired) electrons. The molecule has 0 N–H and O–H groups in total. The summed E-state index contributed by atoms with van der Waals surface area (Å²) in [5.74, 6) is 0. The predicted molar refractivity (Wildman–Crippen MR) is 57.5 cm³/mol. The van der Waals surface area contributed by atoms with Crippen molar-refractivity contribution >= 4 is 0 Å². The maximum absolute atomic E-state index is 5.22. The molecule has 2 fully saturated rings. The van der Waals surface area contributed by atoms with Gasteiger partial charge in [0.1, 0.15) is 0 Å². The maximum Gasteiger partial charge on any atom is 0.0645 e. The summed E-state index contributed by atoms with van der Waals surface area (Å²) in [5, 5.41) is 0. The summed E-state index contributed by atoms with van der Waals surface area (Å²) in [6, 6.07) is 0.739. The normalized spacial score (nSPS) is 26.4. The molecular weight excluding hydrogens is 176 g/mol. The molecule has 0 aliphatic carbocycles. The van der Waals surface area contributed by atoms with Crippen molar-refractivity contribution < 1.29 is 4.74 Å². The summed E-state index contributed by atoms with van der Waals surface area (Å²) in [5.41, 5.74) is 0. The highest BCUT2D eigenvalue weighted by Gasteiger charge is 2.28. The van der Waals surface area contributed by atoms with E-state index in [1.165, 1.54) is 45.6 Å². The van der Waals surface area contributed by atoms with E-state index in [9.17, 15) is 0 Å². The Morgan fingerprint density at radius 2 is 1.86 bits per heavy atom. The summed E-state index contributed by atoms with van der Waals surface area (Å²) < 4.78 is 5.22. The Morgan fingerprint density at radius 1 is 1.14 bits per heavy atom. The molecule has 2 heterocycles. The fourth-order valence-electron chi connectivity index (χ4n) is 2.17. The Balaban J connectivity index is 1.64. The molecule has 0 atom stereocenters. The summed E-state index contributed by atoms with van der Waals surface area (Å²) in [6.45, 7) is 10.5. The van der Waals surface area contributed by atoms with E-state index < -0.39 is 0 Å². The van der Waals surface area contributed by atoms with Crippen LogP contribution in [-0.4, -0.2) is 61.8 Å². The highest BCUT2D eigenvalue weighted by Crippen LogP contribution is 2.13. The van der Waals surface area contributed by atoms with Crippen LogP contribution in [0.1, 0.15) is 19.8 Å². The fourth-order valence-corrected chi connectivity index (χ4v) is 2.17. The van der Waals surface area contributed by atoms with Gasteiger partial charge < -0.3 is 9.64 Å². The molecule has 0 aromatic rings. The topological polar surface area (TPSA) is 15.7 Å². The molecule has 2 aliphatic heterocycles. The van der Waals surface area contributed by atoms with Gasteiger partial charge in [-0.2, -0.15) is 0 Å². The zero-order chi connectivity index (χ0) is 9.80. The van der Waals surface area contributed by atoms with E-state index in [0.717, 1.165) is 19.3 Å². The number of ether oxygens (including phenoxy) is 1. The maximum atomic E-state index is 5.22. The van der Waals surface area contributed by atoms with Gasteiger partial charge in [-0.1, -0.05) is 13.3 Å². The van der Waals surface area contributed by atoms with Gasteiger partial charge in [-0.3, -0.25) is 4.90 Å². The highest BCUT2D eigenvalue weighted by molar-refractivity contribution is 4.82. The first-order valence-corrected chi connectivity index (χ1v) is 5.94. The molecular formula is C11H22N2O. The van der Waals surface area contributed by atoms with Crippen LogP contribution in [0.2, 0.25) is 0 Å². The first kappa shape index (κ1) is 10.4. The van der Waals surface area contributed by atoms with Crippen molar-refractivity contribution in [2.75, 3.05) is 45.9 Å². The van der Waals surface area contributed by atoms with E-state index >= 15 is 0 Å². The van der Waals surface area contributed by atoms with Crippen molar-refractivity contribution in [2.45, 2.75) is 25.8 Å². The summed E-state index contributed by atoms with van der Waals surface area (Å²) in [7, 11) is 0. The van der Waals surface area contributed by atoms with Gasteiger partial charge in [0.25, 0.3) is 0 Å². The van der Waals surface area contributed by atoms with Gasteiger partial charge in [-0.25, -0.2) is 0 Å². The van der Waals surface area contributed by atoms with Crippen molar-refractivity contribution in [3.63, 3.8) is 0 Å². The van der Waals surface area contributed by atoms with E-state index in [0.29, 0.717) is 0 Å². The van der Waals surface area contributed by atoms with Gasteiger partial charge in [0.05, 0.1) is 19.3 Å². The average Bonchev–Trinajstić information content (AvgIpc) is 2.14. The van der Waals surface area contributed by atoms with Crippen molar-refractivity contribution in [1.29, 1.82) is 0 Å². The molecule has 14 heavy (non-hydrogen) atoms. The number of piperazine rings is 1. The number of rotatable bonds is 4. The molecule has 0 spiro atoms. The number of unbranched alkanes of at least 4 members (excludes halogenated alkanes) is 1. The molecule has 0 saturated carbocycles. The minimum Gasteiger partial charge on any atom is -0.378 e. The third-order valence-electron chi connectivity index (χ3n) is 3.37. The van der Waals surface area contributed by atoms with E-state index in [-0.39, 0.29) is 0 Å². The molecule has 2 saturated heterocycles. The van der Waals surface area contributed by atoms with Crippen LogP contribution in [0.5, 0.6) is 0 Å². The molecule has 82 valence electrons. The molecule has 0 aromatic carbocycles. The highest BCUT2D eigenvalue weighted by atomic mass is 16.5. The Bertz CT molecular complexity index is 163. The largest absolute Gasteiger partial charge is 0.378 e. The van der Waals surface area contributed by atoms with Crippen LogP contribution in [0.25, 0.3) is 0 Å². The molecule has 2 rings (SSSR count). The zero-order valence-corrected chi connectivity index (χ0v) is 9.24. The Labute approximate surface area is 87.0 Å². The van der Waals surface area contributed by atoms with Gasteiger partial charge in [-0.05, 0) is 13.0 Å². The van der Waals surface area contributed by atoms with Crippen LogP contribution in [0.15, 0.2) is 0 Å². The van der Waals surface area contributed by atoms with Crippen LogP contribution in [-0.2, 0) is 4.74 Å². The number of hydrogen-bond donors (Lipinski definition) is 0. The van der Waals surface area contributed by atoms with Crippen LogP contribution in [0, 0.1) is 0 Å². The van der Waals surface area contributed by atoms with Gasteiger partial charge >= 0.3 is 0 Å². The fraction of sp³-hybridized carbons (Fsp3) is 1.00. The van der Waals surface area contributed by atoms with Crippen molar-refractivity contribution in [3.8, 4) is 0 Å².